The van der Waals surface area contributed by atoms with E-state index in [2.05, 4.69) is 0 Å². The van der Waals surface area contributed by atoms with Gasteiger partial charge < -0.3 is 29.9 Å². The van der Waals surface area contributed by atoms with E-state index in [1.54, 1.807) is 0 Å². The highest BCUT2D eigenvalue weighted by Gasteiger charge is 2.43. The Bertz CT molecular complexity index is 382. The van der Waals surface area contributed by atoms with E-state index in [0.29, 0.717) is 0 Å². The summed E-state index contributed by atoms with van der Waals surface area (Å²) in [5.74, 6) is 0. The maximum Gasteiger partial charge on any atom is 0.187 e. The first kappa shape index (κ1) is 14.4. The molecule has 1 unspecified atom stereocenters. The van der Waals surface area contributed by atoms with Crippen molar-refractivity contribution in [2.24, 2.45) is 0 Å². The summed E-state index contributed by atoms with van der Waals surface area (Å²) in [5.41, 5.74) is 0.888. The van der Waals surface area contributed by atoms with E-state index >= 15 is 0 Å². The van der Waals surface area contributed by atoms with Gasteiger partial charge in [0.15, 0.2) is 6.29 Å². The Morgan fingerprint density at radius 2 is 1.68 bits per heavy atom. The molecule has 1 aromatic rings. The lowest BCUT2D eigenvalue weighted by atomic mass is 9.99. The molecule has 1 heterocycles. The molecule has 6 nitrogen and oxygen atoms in total. The molecule has 19 heavy (non-hydrogen) atoms. The molecular formula is C13H18O6. The van der Waals surface area contributed by atoms with Gasteiger partial charge in [-0.25, -0.2) is 0 Å². The first-order chi connectivity index (χ1) is 9.13. The van der Waals surface area contributed by atoms with Crippen LogP contribution in [0.5, 0.6) is 0 Å². The lowest BCUT2D eigenvalue weighted by molar-refractivity contribution is -0.304. The van der Waals surface area contributed by atoms with Crippen molar-refractivity contribution in [3.05, 3.63) is 35.9 Å². The smallest absolute Gasteiger partial charge is 0.187 e. The van der Waals surface area contributed by atoms with E-state index in [1.165, 1.54) is 0 Å². The van der Waals surface area contributed by atoms with Gasteiger partial charge in [-0.1, -0.05) is 30.3 Å². The van der Waals surface area contributed by atoms with Gasteiger partial charge in [0.05, 0.1) is 13.2 Å². The highest BCUT2D eigenvalue weighted by molar-refractivity contribution is 5.13. The van der Waals surface area contributed by atoms with Crippen LogP contribution in [-0.2, 0) is 16.1 Å². The van der Waals surface area contributed by atoms with E-state index in [-0.39, 0.29) is 6.61 Å². The molecule has 4 N–H and O–H groups in total. The fourth-order valence-corrected chi connectivity index (χ4v) is 1.96. The average molecular weight is 270 g/mol. The summed E-state index contributed by atoms with van der Waals surface area (Å²) in [4.78, 5) is 0. The number of aliphatic hydroxyl groups excluding tert-OH is 4. The Kier molecular flexibility index (Phi) is 4.87. The minimum absolute atomic E-state index is 0.198. The average Bonchev–Trinajstić information content (AvgIpc) is 2.45. The Morgan fingerprint density at radius 3 is 2.32 bits per heavy atom. The molecule has 0 aromatic heterocycles. The van der Waals surface area contributed by atoms with Crippen molar-refractivity contribution in [2.45, 2.75) is 37.3 Å². The molecule has 0 saturated carbocycles. The molecule has 0 bridgehead atoms. The molecule has 106 valence electrons. The standard InChI is InChI=1S/C13H18O6/c14-6-9-10(15)11(16)12(17)13(19-9)18-7-8-4-2-1-3-5-8/h1-5,9-17H,6-7H2/t9-,10-,11+,12+,13?/m1/s1. The summed E-state index contributed by atoms with van der Waals surface area (Å²) in [5, 5.41) is 38.0. The van der Waals surface area contributed by atoms with Crippen LogP contribution in [0.2, 0.25) is 0 Å². The van der Waals surface area contributed by atoms with E-state index in [1.807, 2.05) is 30.3 Å². The van der Waals surface area contributed by atoms with Gasteiger partial charge in [-0.15, -0.1) is 0 Å². The number of hydrogen-bond acceptors (Lipinski definition) is 6. The fourth-order valence-electron chi connectivity index (χ4n) is 1.96. The second-order valence-electron chi connectivity index (χ2n) is 4.49. The normalized spacial score (nSPS) is 35.3. The fraction of sp³-hybridized carbons (Fsp3) is 0.538. The van der Waals surface area contributed by atoms with E-state index in [4.69, 9.17) is 14.6 Å². The minimum atomic E-state index is -1.41. The summed E-state index contributed by atoms with van der Waals surface area (Å²) in [6.07, 6.45) is -6.17. The van der Waals surface area contributed by atoms with Gasteiger partial charge in [-0.05, 0) is 5.56 Å². The summed E-state index contributed by atoms with van der Waals surface area (Å²) in [6.45, 7) is -0.264. The molecule has 0 radical (unpaired) electrons. The van der Waals surface area contributed by atoms with Crippen molar-refractivity contribution in [1.29, 1.82) is 0 Å². The van der Waals surface area contributed by atoms with Crippen molar-refractivity contribution < 1.29 is 29.9 Å². The van der Waals surface area contributed by atoms with Gasteiger partial charge in [0, 0.05) is 0 Å². The lowest BCUT2D eigenvalue weighted by Gasteiger charge is -2.39. The molecule has 5 atom stereocenters. The molecule has 1 saturated heterocycles. The van der Waals surface area contributed by atoms with Gasteiger partial charge in [0.2, 0.25) is 0 Å². The lowest BCUT2D eigenvalue weighted by Crippen LogP contribution is -2.59. The van der Waals surface area contributed by atoms with E-state index in [0.717, 1.165) is 5.56 Å². The minimum Gasteiger partial charge on any atom is -0.394 e. The predicted octanol–water partition coefficient (Wildman–Crippen LogP) is -0.997. The molecule has 1 fully saturated rings. The van der Waals surface area contributed by atoms with Gasteiger partial charge in [0.1, 0.15) is 24.4 Å². The molecule has 0 amide bonds. The highest BCUT2D eigenvalue weighted by atomic mass is 16.7. The van der Waals surface area contributed by atoms with Gasteiger partial charge in [0.25, 0.3) is 0 Å². The first-order valence-electron chi connectivity index (χ1n) is 6.09. The summed E-state index contributed by atoms with van der Waals surface area (Å²) in [6, 6.07) is 9.28. The number of ether oxygens (including phenoxy) is 2. The van der Waals surface area contributed by atoms with Crippen LogP contribution >= 0.6 is 0 Å². The predicted molar refractivity (Wildman–Crippen MR) is 65.0 cm³/mol. The quantitative estimate of drug-likeness (QED) is 0.560. The van der Waals surface area contributed by atoms with Crippen molar-refractivity contribution >= 4 is 0 Å². The zero-order chi connectivity index (χ0) is 13.8. The number of benzene rings is 1. The molecular weight excluding hydrogens is 252 g/mol. The highest BCUT2D eigenvalue weighted by Crippen LogP contribution is 2.22. The molecule has 6 heteroatoms. The Labute approximate surface area is 110 Å². The first-order valence-corrected chi connectivity index (χ1v) is 6.09. The van der Waals surface area contributed by atoms with Crippen LogP contribution in [0.4, 0.5) is 0 Å². The number of aliphatic hydroxyl groups is 4. The van der Waals surface area contributed by atoms with Crippen LogP contribution in [0.3, 0.4) is 0 Å². The Balaban J connectivity index is 1.95. The Hall–Kier alpha value is -1.02. The van der Waals surface area contributed by atoms with Crippen molar-refractivity contribution in [1.82, 2.24) is 0 Å². The molecule has 1 aliphatic heterocycles. The Morgan fingerprint density at radius 1 is 1.00 bits per heavy atom. The third-order valence-corrected chi connectivity index (χ3v) is 3.11. The van der Waals surface area contributed by atoms with Crippen LogP contribution in [0.15, 0.2) is 30.3 Å². The third-order valence-electron chi connectivity index (χ3n) is 3.11. The summed E-state index contributed by atoms with van der Waals surface area (Å²) < 4.78 is 10.6. The maximum atomic E-state index is 9.76. The van der Waals surface area contributed by atoms with Gasteiger partial charge in [-0.3, -0.25) is 0 Å². The zero-order valence-corrected chi connectivity index (χ0v) is 10.3. The van der Waals surface area contributed by atoms with Crippen molar-refractivity contribution in [2.75, 3.05) is 6.61 Å². The van der Waals surface area contributed by atoms with Crippen LogP contribution in [-0.4, -0.2) is 57.7 Å². The summed E-state index contributed by atoms with van der Waals surface area (Å²) >= 11 is 0. The largest absolute Gasteiger partial charge is 0.394 e. The summed E-state index contributed by atoms with van der Waals surface area (Å²) in [7, 11) is 0. The van der Waals surface area contributed by atoms with Gasteiger partial charge in [-0.2, -0.15) is 0 Å². The van der Waals surface area contributed by atoms with Crippen LogP contribution in [0.25, 0.3) is 0 Å². The van der Waals surface area contributed by atoms with Crippen molar-refractivity contribution in [3.63, 3.8) is 0 Å². The second kappa shape index (κ2) is 6.42. The van der Waals surface area contributed by atoms with Crippen LogP contribution < -0.4 is 0 Å². The molecule has 2 rings (SSSR count). The topological polar surface area (TPSA) is 99.4 Å². The van der Waals surface area contributed by atoms with Crippen LogP contribution in [0, 0.1) is 0 Å². The molecule has 1 aliphatic rings. The SMILES string of the molecule is OC[C@H]1OC(OCc2ccccc2)[C@@H](O)[C@@H](O)[C@@H]1O. The second-order valence-corrected chi connectivity index (χ2v) is 4.49. The molecule has 1 aromatic carbocycles. The van der Waals surface area contributed by atoms with Crippen LogP contribution in [0.1, 0.15) is 5.56 Å². The van der Waals surface area contributed by atoms with Gasteiger partial charge >= 0.3 is 0 Å². The van der Waals surface area contributed by atoms with E-state index in [9.17, 15) is 15.3 Å². The maximum absolute atomic E-state index is 9.76. The zero-order valence-electron chi connectivity index (χ0n) is 10.3. The number of hydrogen-bond donors (Lipinski definition) is 4. The molecule has 0 aliphatic carbocycles. The monoisotopic (exact) mass is 270 g/mol. The third kappa shape index (κ3) is 3.30. The number of rotatable bonds is 4. The molecule has 0 spiro atoms. The van der Waals surface area contributed by atoms with E-state index < -0.39 is 37.3 Å². The van der Waals surface area contributed by atoms with Crippen molar-refractivity contribution in [3.8, 4) is 0 Å².